The minimum absolute atomic E-state index is 0.0458. The first-order valence-corrected chi connectivity index (χ1v) is 11.7. The molecule has 1 aliphatic heterocycles. The zero-order valence-corrected chi connectivity index (χ0v) is 18.1. The topological polar surface area (TPSA) is 58.4 Å². The second kappa shape index (κ2) is 9.61. The van der Waals surface area contributed by atoms with Gasteiger partial charge in [-0.15, -0.1) is 11.3 Å². The van der Waals surface area contributed by atoms with Gasteiger partial charge in [0.05, 0.1) is 12.3 Å². The first-order chi connectivity index (χ1) is 14.2. The molecule has 1 aliphatic rings. The Kier molecular flexibility index (Phi) is 6.69. The number of rotatable bonds is 8. The van der Waals surface area contributed by atoms with Gasteiger partial charge in [0.25, 0.3) is 5.91 Å². The predicted molar refractivity (Wildman–Crippen MR) is 117 cm³/mol. The van der Waals surface area contributed by atoms with E-state index in [9.17, 15) is 4.79 Å². The number of hydrogen-bond donors (Lipinski definition) is 1. The fraction of sp³-hybridized carbons (Fsp3) is 0.364. The van der Waals surface area contributed by atoms with Crippen molar-refractivity contribution >= 4 is 29.0 Å². The third-order valence-corrected chi connectivity index (χ3v) is 7.30. The van der Waals surface area contributed by atoms with Crippen molar-refractivity contribution < 1.29 is 9.21 Å². The maximum atomic E-state index is 12.7. The van der Waals surface area contributed by atoms with Crippen molar-refractivity contribution in [3.05, 3.63) is 70.6 Å². The summed E-state index contributed by atoms with van der Waals surface area (Å²) in [5, 5.41) is 5.15. The van der Waals surface area contributed by atoms with E-state index in [2.05, 4.69) is 20.6 Å². The zero-order chi connectivity index (χ0) is 20.1. The minimum atomic E-state index is -0.0458. The Balaban J connectivity index is 1.32. The van der Waals surface area contributed by atoms with Crippen molar-refractivity contribution in [3.63, 3.8) is 0 Å². The molecule has 1 fully saturated rings. The molecule has 0 saturated carbocycles. The molecule has 4 rings (SSSR count). The molecule has 1 N–H and O–H groups in total. The van der Waals surface area contributed by atoms with Crippen LogP contribution in [0.5, 0.6) is 0 Å². The van der Waals surface area contributed by atoms with Gasteiger partial charge in [-0.3, -0.25) is 9.69 Å². The van der Waals surface area contributed by atoms with Crippen LogP contribution < -0.4 is 5.32 Å². The summed E-state index contributed by atoms with van der Waals surface area (Å²) < 4.78 is 6.71. The number of likely N-dealkylation sites (tertiary alicyclic amines) is 1. The molecule has 3 heterocycles. The summed E-state index contributed by atoms with van der Waals surface area (Å²) >= 11 is 3.40. The van der Waals surface area contributed by atoms with Crippen LogP contribution in [0.2, 0.25) is 0 Å². The van der Waals surface area contributed by atoms with Crippen molar-refractivity contribution in [1.29, 1.82) is 0 Å². The molecule has 152 valence electrons. The van der Waals surface area contributed by atoms with Gasteiger partial charge in [0.15, 0.2) is 0 Å². The van der Waals surface area contributed by atoms with Crippen LogP contribution in [0.1, 0.15) is 46.3 Å². The van der Waals surface area contributed by atoms with Crippen LogP contribution in [0.3, 0.4) is 0 Å². The van der Waals surface area contributed by atoms with Crippen molar-refractivity contribution in [2.24, 2.45) is 0 Å². The fourth-order valence-electron chi connectivity index (χ4n) is 3.53. The first-order valence-electron chi connectivity index (χ1n) is 9.88. The van der Waals surface area contributed by atoms with Crippen LogP contribution in [0.15, 0.2) is 56.8 Å². The average Bonchev–Trinajstić information content (AvgIpc) is 3.50. The number of carbonyl (C=O) groups is 1. The number of hydrogen-bond acceptors (Lipinski definition) is 6. The van der Waals surface area contributed by atoms with Crippen molar-refractivity contribution in [2.75, 3.05) is 19.6 Å². The molecule has 0 aliphatic carbocycles. The monoisotopic (exact) mass is 427 g/mol. The number of furan rings is 1. The lowest BCUT2D eigenvalue weighted by molar-refractivity contribution is 0.0934. The van der Waals surface area contributed by atoms with Crippen LogP contribution >= 0.6 is 23.1 Å². The van der Waals surface area contributed by atoms with E-state index in [4.69, 9.17) is 4.42 Å². The normalized spacial score (nSPS) is 15.5. The van der Waals surface area contributed by atoms with E-state index in [0.29, 0.717) is 12.1 Å². The summed E-state index contributed by atoms with van der Waals surface area (Å²) in [6, 6.07) is 11.8. The number of nitrogens with one attached hydrogen (secondary N) is 1. The van der Waals surface area contributed by atoms with Crippen LogP contribution in [-0.2, 0) is 5.75 Å². The van der Waals surface area contributed by atoms with Gasteiger partial charge < -0.3 is 9.73 Å². The smallest absolute Gasteiger partial charge is 0.251 e. The molecule has 1 aromatic carbocycles. The second-order valence-corrected chi connectivity index (χ2v) is 9.31. The largest absolute Gasteiger partial charge is 0.468 e. The maximum Gasteiger partial charge on any atom is 0.251 e. The minimum Gasteiger partial charge on any atom is -0.468 e. The lowest BCUT2D eigenvalue weighted by atomic mass is 10.1. The summed E-state index contributed by atoms with van der Waals surface area (Å²) in [5.41, 5.74) is 2.93. The zero-order valence-electron chi connectivity index (χ0n) is 16.5. The Morgan fingerprint density at radius 3 is 2.72 bits per heavy atom. The molecule has 29 heavy (non-hydrogen) atoms. The quantitative estimate of drug-likeness (QED) is 0.518. The summed E-state index contributed by atoms with van der Waals surface area (Å²) in [5.74, 6) is 1.72. The Hall–Kier alpha value is -2.09. The molecule has 2 aromatic heterocycles. The van der Waals surface area contributed by atoms with Gasteiger partial charge in [0.2, 0.25) is 0 Å². The van der Waals surface area contributed by atoms with Gasteiger partial charge in [0.1, 0.15) is 10.1 Å². The number of benzene rings is 1. The van der Waals surface area contributed by atoms with Crippen LogP contribution in [0.4, 0.5) is 0 Å². The SMILES string of the molecule is Cc1csc(SCc2ccc(C(=O)NCC(c3ccco3)N3CCCC3)cc2)n1. The van der Waals surface area contributed by atoms with E-state index in [0.717, 1.165) is 34.6 Å². The van der Waals surface area contributed by atoms with E-state index in [1.165, 1.54) is 18.4 Å². The summed E-state index contributed by atoms with van der Waals surface area (Å²) in [6.07, 6.45) is 4.10. The Labute approximate surface area is 179 Å². The van der Waals surface area contributed by atoms with Crippen LogP contribution in [0, 0.1) is 6.92 Å². The van der Waals surface area contributed by atoms with Gasteiger partial charge in [-0.1, -0.05) is 23.9 Å². The van der Waals surface area contributed by atoms with Gasteiger partial charge in [-0.2, -0.15) is 0 Å². The van der Waals surface area contributed by atoms with E-state index in [-0.39, 0.29) is 11.9 Å². The fourth-order valence-corrected chi connectivity index (χ4v) is 5.34. The molecule has 0 radical (unpaired) electrons. The number of thioether (sulfide) groups is 1. The first kappa shape index (κ1) is 20.2. The number of carbonyl (C=O) groups excluding carboxylic acids is 1. The van der Waals surface area contributed by atoms with Gasteiger partial charge in [0, 0.05) is 28.9 Å². The van der Waals surface area contributed by atoms with Crippen molar-refractivity contribution in [3.8, 4) is 0 Å². The summed E-state index contributed by atoms with van der Waals surface area (Å²) in [6.45, 7) is 4.65. The van der Waals surface area contributed by atoms with Gasteiger partial charge in [-0.05, 0) is 62.7 Å². The number of aromatic nitrogens is 1. The number of thiazole rings is 1. The van der Waals surface area contributed by atoms with E-state index in [1.807, 2.05) is 43.3 Å². The predicted octanol–water partition coefficient (Wildman–Crippen LogP) is 4.90. The Morgan fingerprint density at radius 2 is 2.07 bits per heavy atom. The lowest BCUT2D eigenvalue weighted by Gasteiger charge is -2.26. The third kappa shape index (κ3) is 5.29. The van der Waals surface area contributed by atoms with Crippen molar-refractivity contribution in [1.82, 2.24) is 15.2 Å². The average molecular weight is 428 g/mol. The highest BCUT2D eigenvalue weighted by Crippen LogP contribution is 2.27. The molecule has 7 heteroatoms. The molecule has 3 aromatic rings. The summed E-state index contributed by atoms with van der Waals surface area (Å²) in [4.78, 5) is 19.5. The Morgan fingerprint density at radius 1 is 1.28 bits per heavy atom. The molecule has 0 spiro atoms. The molecule has 1 saturated heterocycles. The van der Waals surface area contributed by atoms with Gasteiger partial charge in [-0.25, -0.2) is 4.98 Å². The highest BCUT2D eigenvalue weighted by molar-refractivity contribution is 8.00. The van der Waals surface area contributed by atoms with Crippen LogP contribution in [-0.4, -0.2) is 35.4 Å². The second-order valence-electron chi connectivity index (χ2n) is 7.22. The molecule has 1 amide bonds. The molecular weight excluding hydrogens is 402 g/mol. The molecule has 0 bridgehead atoms. The third-order valence-electron chi connectivity index (χ3n) is 5.09. The molecule has 1 unspecified atom stereocenters. The van der Waals surface area contributed by atoms with Crippen molar-refractivity contribution in [2.45, 2.75) is 35.9 Å². The molecule has 1 atom stereocenters. The standard InChI is InChI=1S/C22H25N3O2S2/c1-16-14-28-22(24-16)29-15-17-6-8-18(9-7-17)21(26)23-13-19(20-5-4-12-27-20)25-10-2-3-11-25/h4-9,12,14,19H,2-3,10-11,13,15H2,1H3,(H,23,26). The Bertz CT molecular complexity index is 916. The number of nitrogens with zero attached hydrogens (tertiary/aromatic N) is 2. The van der Waals surface area contributed by atoms with E-state index < -0.39 is 0 Å². The highest BCUT2D eigenvalue weighted by Gasteiger charge is 2.26. The number of aryl methyl sites for hydroxylation is 1. The number of amides is 1. The molecule has 5 nitrogen and oxygen atoms in total. The lowest BCUT2D eigenvalue weighted by Crippen LogP contribution is -2.36. The van der Waals surface area contributed by atoms with Gasteiger partial charge >= 0.3 is 0 Å². The van der Waals surface area contributed by atoms with E-state index >= 15 is 0 Å². The summed E-state index contributed by atoms with van der Waals surface area (Å²) in [7, 11) is 0. The van der Waals surface area contributed by atoms with E-state index in [1.54, 1.807) is 29.4 Å². The van der Waals surface area contributed by atoms with Crippen LogP contribution in [0.25, 0.3) is 0 Å². The highest BCUT2D eigenvalue weighted by atomic mass is 32.2. The maximum absolute atomic E-state index is 12.7. The molecular formula is C22H25N3O2S2.